The molecule has 0 radical (unpaired) electrons. The van der Waals surface area contributed by atoms with Crippen LogP contribution in [-0.2, 0) is 36.8 Å². The first kappa shape index (κ1) is 31.8. The number of likely N-dealkylation sites (tertiary alicyclic amines) is 1. The monoisotopic (exact) mass is 606 g/mol. The van der Waals surface area contributed by atoms with Gasteiger partial charge in [-0.1, -0.05) is 49.9 Å². The van der Waals surface area contributed by atoms with E-state index in [2.05, 4.69) is 5.32 Å². The zero-order valence-electron chi connectivity index (χ0n) is 25.3. The Labute approximate surface area is 258 Å². The Morgan fingerprint density at radius 3 is 2.52 bits per heavy atom. The van der Waals surface area contributed by atoms with E-state index in [1.807, 2.05) is 24.3 Å². The predicted molar refractivity (Wildman–Crippen MR) is 163 cm³/mol. The molecule has 1 aliphatic carbocycles. The van der Waals surface area contributed by atoms with Gasteiger partial charge in [-0.25, -0.2) is 4.39 Å². The van der Waals surface area contributed by atoms with E-state index in [1.165, 1.54) is 12.1 Å². The molecule has 0 spiro atoms. The van der Waals surface area contributed by atoms with Gasteiger partial charge in [-0.2, -0.15) is 0 Å². The third kappa shape index (κ3) is 8.74. The summed E-state index contributed by atoms with van der Waals surface area (Å²) in [5, 5.41) is 2.94. The molecule has 2 fully saturated rings. The van der Waals surface area contributed by atoms with Crippen molar-refractivity contribution in [2.75, 3.05) is 26.4 Å². The Hall–Kier alpha value is -3.59. The van der Waals surface area contributed by atoms with Crippen LogP contribution in [0.25, 0.3) is 0 Å². The number of hydrogen-bond acceptors (Lipinski definition) is 6. The summed E-state index contributed by atoms with van der Waals surface area (Å²) in [5.41, 5.74) is 1.71. The van der Waals surface area contributed by atoms with Crippen LogP contribution in [0.15, 0.2) is 48.5 Å². The van der Waals surface area contributed by atoms with E-state index in [4.69, 9.17) is 9.47 Å². The van der Waals surface area contributed by atoms with Crippen molar-refractivity contribution in [2.45, 2.75) is 82.7 Å². The fourth-order valence-corrected chi connectivity index (χ4v) is 6.64. The predicted octanol–water partition coefficient (Wildman–Crippen LogP) is 4.61. The summed E-state index contributed by atoms with van der Waals surface area (Å²) in [6.07, 6.45) is 6.71. The molecule has 0 unspecified atom stereocenters. The number of carbonyl (C=O) groups excluding carboxylic acids is 4. The number of aryl methyl sites for hydroxylation is 1. The first-order chi connectivity index (χ1) is 21.4. The Morgan fingerprint density at radius 2 is 1.77 bits per heavy atom. The molecule has 2 aromatic carbocycles. The lowest BCUT2D eigenvalue weighted by molar-refractivity contribution is -0.138. The summed E-state index contributed by atoms with van der Waals surface area (Å²) >= 11 is 0. The summed E-state index contributed by atoms with van der Waals surface area (Å²) in [6, 6.07) is 12.0. The second-order valence-corrected chi connectivity index (χ2v) is 12.4. The van der Waals surface area contributed by atoms with Crippen LogP contribution in [-0.4, -0.2) is 66.7 Å². The number of hydrogen-bond donors (Lipinski definition) is 1. The highest BCUT2D eigenvalue weighted by Gasteiger charge is 2.36. The van der Waals surface area contributed by atoms with Crippen LogP contribution in [0.1, 0.15) is 68.9 Å². The van der Waals surface area contributed by atoms with Crippen molar-refractivity contribution in [1.29, 1.82) is 0 Å². The Bertz CT molecular complexity index is 1310. The Kier molecular flexibility index (Phi) is 11.2. The molecule has 1 N–H and O–H groups in total. The maximum absolute atomic E-state index is 14.0. The van der Waals surface area contributed by atoms with Crippen LogP contribution < -0.4 is 10.1 Å². The van der Waals surface area contributed by atoms with E-state index >= 15 is 0 Å². The average molecular weight is 607 g/mol. The molecule has 2 heterocycles. The van der Waals surface area contributed by atoms with E-state index in [-0.39, 0.29) is 55.4 Å². The van der Waals surface area contributed by atoms with E-state index in [0.29, 0.717) is 56.7 Å². The van der Waals surface area contributed by atoms with E-state index in [0.717, 1.165) is 36.8 Å². The molecule has 5 rings (SSSR count). The van der Waals surface area contributed by atoms with Gasteiger partial charge in [0.25, 0.3) is 0 Å². The summed E-state index contributed by atoms with van der Waals surface area (Å²) in [5.74, 6) is -0.842. The number of ether oxygens (including phenoxy) is 2. The van der Waals surface area contributed by atoms with Crippen LogP contribution >= 0.6 is 0 Å². The van der Waals surface area contributed by atoms with Gasteiger partial charge < -0.3 is 19.7 Å². The summed E-state index contributed by atoms with van der Waals surface area (Å²) in [4.78, 5) is 55.8. The van der Waals surface area contributed by atoms with Crippen LogP contribution in [0.2, 0.25) is 0 Å². The number of ketones is 2. The number of amides is 2. The maximum Gasteiger partial charge on any atom is 0.224 e. The summed E-state index contributed by atoms with van der Waals surface area (Å²) in [7, 11) is 0. The van der Waals surface area contributed by atoms with Gasteiger partial charge in [0.2, 0.25) is 11.8 Å². The zero-order valence-corrected chi connectivity index (χ0v) is 25.3. The molecule has 3 atom stereocenters. The molecule has 9 heteroatoms. The highest BCUT2D eigenvalue weighted by Crippen LogP contribution is 2.29. The van der Waals surface area contributed by atoms with Crippen molar-refractivity contribution >= 4 is 23.4 Å². The van der Waals surface area contributed by atoms with Gasteiger partial charge in [-0.15, -0.1) is 0 Å². The highest BCUT2D eigenvalue weighted by molar-refractivity contribution is 5.95. The van der Waals surface area contributed by atoms with Gasteiger partial charge in [0.1, 0.15) is 24.2 Å². The zero-order chi connectivity index (χ0) is 30.9. The quantitative estimate of drug-likeness (QED) is 0.494. The average Bonchev–Trinajstić information content (AvgIpc) is 3.69. The second-order valence-electron chi connectivity index (χ2n) is 12.4. The molecular formula is C35H43FN2O6. The lowest BCUT2D eigenvalue weighted by Gasteiger charge is -2.29. The minimum atomic E-state index is -0.835. The number of benzene rings is 2. The fraction of sp³-hybridized carbons (Fsp3) is 0.543. The van der Waals surface area contributed by atoms with Crippen molar-refractivity contribution in [1.82, 2.24) is 10.2 Å². The molecule has 2 aliphatic heterocycles. The summed E-state index contributed by atoms with van der Waals surface area (Å²) < 4.78 is 25.3. The van der Waals surface area contributed by atoms with Crippen molar-refractivity contribution in [2.24, 2.45) is 11.8 Å². The van der Waals surface area contributed by atoms with Gasteiger partial charge in [0, 0.05) is 38.1 Å². The summed E-state index contributed by atoms with van der Waals surface area (Å²) in [6.45, 7) is 1.01. The molecule has 3 aliphatic rings. The first-order valence-electron chi connectivity index (χ1n) is 16.0. The smallest absolute Gasteiger partial charge is 0.224 e. The normalized spacial score (nSPS) is 24.2. The number of nitrogens with zero attached hydrogens (tertiary/aromatic N) is 1. The molecule has 1 saturated carbocycles. The lowest BCUT2D eigenvalue weighted by atomic mass is 9.89. The molecule has 1 saturated heterocycles. The third-order valence-electron chi connectivity index (χ3n) is 9.15. The molecule has 44 heavy (non-hydrogen) atoms. The van der Waals surface area contributed by atoms with Gasteiger partial charge in [-0.05, 0) is 60.6 Å². The Balaban J connectivity index is 1.41. The molecule has 8 nitrogen and oxygen atoms in total. The lowest BCUT2D eigenvalue weighted by Crippen LogP contribution is -2.49. The van der Waals surface area contributed by atoms with Crippen LogP contribution in [0.4, 0.5) is 4.39 Å². The number of halogens is 1. The SMILES string of the molecule is O=C1N[C@H](C(=O)CC2CCCC2)COCCOc2cccc(c2)C[C@H](N2CCCC2=O)C(=O)C[C@H]1CCc1ccc(F)cc1. The van der Waals surface area contributed by atoms with Crippen LogP contribution in [0.5, 0.6) is 5.75 Å². The van der Waals surface area contributed by atoms with Gasteiger partial charge in [0.05, 0.1) is 19.3 Å². The van der Waals surface area contributed by atoms with Gasteiger partial charge >= 0.3 is 0 Å². The van der Waals surface area contributed by atoms with Crippen LogP contribution in [0, 0.1) is 17.7 Å². The molecular weight excluding hydrogens is 563 g/mol. The molecule has 2 aromatic rings. The topological polar surface area (TPSA) is 102 Å². The van der Waals surface area contributed by atoms with Crippen molar-refractivity contribution in [3.63, 3.8) is 0 Å². The molecule has 0 aromatic heterocycles. The van der Waals surface area contributed by atoms with E-state index < -0.39 is 18.0 Å². The number of Topliss-reactive ketones (excluding diaryl/α,β-unsaturated/α-hetero) is 2. The molecule has 2 bridgehead atoms. The third-order valence-corrected chi connectivity index (χ3v) is 9.15. The van der Waals surface area contributed by atoms with E-state index in [1.54, 1.807) is 17.0 Å². The van der Waals surface area contributed by atoms with Crippen molar-refractivity contribution in [3.05, 3.63) is 65.5 Å². The number of nitrogens with one attached hydrogen (secondary N) is 1. The molecule has 2 amide bonds. The minimum absolute atomic E-state index is 0.0181. The molecule has 236 valence electrons. The van der Waals surface area contributed by atoms with E-state index in [9.17, 15) is 23.6 Å². The fourth-order valence-electron chi connectivity index (χ4n) is 6.64. The van der Waals surface area contributed by atoms with Crippen molar-refractivity contribution in [3.8, 4) is 5.75 Å². The number of fused-ring (bicyclic) bond motifs is 2. The standard InChI is InChI=1S/C35H43FN2O6/c36-28-14-11-24(12-15-28)10-13-27-22-33(40)31(38-16-4-9-34(38)41)20-26-7-3-8-29(19-26)44-18-17-43-23-30(37-35(27)42)32(39)21-25-5-1-2-6-25/h3,7-8,11-12,14-15,19,25,27,30-31H,1-2,4-6,9-10,13,16-18,20-23H2,(H,37,42)/t27-,30+,31+/m1/s1. The second kappa shape index (κ2) is 15.4. The maximum atomic E-state index is 14.0. The first-order valence-corrected chi connectivity index (χ1v) is 16.0. The number of rotatable bonds is 7. The highest BCUT2D eigenvalue weighted by atomic mass is 19.1. The minimum Gasteiger partial charge on any atom is -0.491 e. The van der Waals surface area contributed by atoms with Crippen LogP contribution in [0.3, 0.4) is 0 Å². The Morgan fingerprint density at radius 1 is 0.977 bits per heavy atom. The van der Waals surface area contributed by atoms with Gasteiger partial charge in [0.15, 0.2) is 11.6 Å². The van der Waals surface area contributed by atoms with Gasteiger partial charge in [-0.3, -0.25) is 19.2 Å². The largest absolute Gasteiger partial charge is 0.491 e. The van der Waals surface area contributed by atoms with Crippen molar-refractivity contribution < 1.29 is 33.0 Å². The number of carbonyl (C=O) groups is 4.